The molecule has 0 aliphatic heterocycles. The monoisotopic (exact) mass is 373 g/mol. The molecule has 4 rings (SSSR count). The van der Waals surface area contributed by atoms with Gasteiger partial charge >= 0.3 is 0 Å². The van der Waals surface area contributed by atoms with Crippen LogP contribution >= 0.6 is 0 Å². The molecule has 3 heterocycles. The molecule has 1 aromatic carbocycles. The Morgan fingerprint density at radius 2 is 1.86 bits per heavy atom. The molecule has 0 fully saturated rings. The second-order valence-electron chi connectivity index (χ2n) is 7.41. The minimum Gasteiger partial charge on any atom is -0.301 e. The van der Waals surface area contributed by atoms with Crippen LogP contribution in [0.5, 0.6) is 0 Å². The normalized spacial score (nSPS) is 11.4. The SMILES string of the molecule is Cc1cc(=O)n(Cc2nc(CC(C)C)nn2-c2ccccn2)c2ccccc12. The number of hydrogen-bond donors (Lipinski definition) is 0. The van der Waals surface area contributed by atoms with E-state index in [0.717, 1.165) is 28.7 Å². The van der Waals surface area contributed by atoms with Crippen molar-refractivity contribution in [3.8, 4) is 5.82 Å². The van der Waals surface area contributed by atoms with Crippen LogP contribution < -0.4 is 5.56 Å². The van der Waals surface area contributed by atoms with Crippen molar-refractivity contribution in [3.63, 3.8) is 0 Å². The summed E-state index contributed by atoms with van der Waals surface area (Å²) in [5, 5.41) is 5.74. The van der Waals surface area contributed by atoms with Crippen LogP contribution in [0.3, 0.4) is 0 Å². The van der Waals surface area contributed by atoms with Gasteiger partial charge in [-0.1, -0.05) is 38.1 Å². The molecule has 0 unspecified atom stereocenters. The average molecular weight is 373 g/mol. The van der Waals surface area contributed by atoms with Gasteiger partial charge in [0, 0.05) is 24.1 Å². The third kappa shape index (κ3) is 3.45. The highest BCUT2D eigenvalue weighted by Gasteiger charge is 2.16. The van der Waals surface area contributed by atoms with E-state index in [1.807, 2.05) is 49.4 Å². The fraction of sp³-hybridized carbons (Fsp3) is 0.273. The third-order valence-electron chi connectivity index (χ3n) is 4.70. The van der Waals surface area contributed by atoms with Crippen LogP contribution in [0.2, 0.25) is 0 Å². The van der Waals surface area contributed by atoms with Gasteiger partial charge in [-0.05, 0) is 36.6 Å². The van der Waals surface area contributed by atoms with Crippen molar-refractivity contribution in [2.24, 2.45) is 5.92 Å². The third-order valence-corrected chi connectivity index (χ3v) is 4.70. The van der Waals surface area contributed by atoms with Crippen LogP contribution in [-0.2, 0) is 13.0 Å². The smallest absolute Gasteiger partial charge is 0.251 e. The first-order valence-corrected chi connectivity index (χ1v) is 9.48. The zero-order valence-corrected chi connectivity index (χ0v) is 16.3. The summed E-state index contributed by atoms with van der Waals surface area (Å²) in [5.41, 5.74) is 1.83. The second-order valence-corrected chi connectivity index (χ2v) is 7.41. The Bertz CT molecular complexity index is 1170. The molecule has 6 nitrogen and oxygen atoms in total. The van der Waals surface area contributed by atoms with Crippen molar-refractivity contribution in [2.45, 2.75) is 33.7 Å². The van der Waals surface area contributed by atoms with E-state index in [1.165, 1.54) is 0 Å². The highest BCUT2D eigenvalue weighted by Crippen LogP contribution is 2.18. The van der Waals surface area contributed by atoms with E-state index >= 15 is 0 Å². The van der Waals surface area contributed by atoms with E-state index < -0.39 is 0 Å². The molecule has 0 amide bonds. The van der Waals surface area contributed by atoms with Gasteiger partial charge in [-0.15, -0.1) is 5.10 Å². The molecule has 28 heavy (non-hydrogen) atoms. The molecular weight excluding hydrogens is 350 g/mol. The summed E-state index contributed by atoms with van der Waals surface area (Å²) in [4.78, 5) is 21.9. The van der Waals surface area contributed by atoms with Crippen molar-refractivity contribution < 1.29 is 0 Å². The number of nitrogens with zero attached hydrogens (tertiary/aromatic N) is 5. The van der Waals surface area contributed by atoms with Gasteiger partial charge in [-0.25, -0.2) is 9.97 Å². The van der Waals surface area contributed by atoms with Gasteiger partial charge in [0.1, 0.15) is 0 Å². The molecule has 0 aliphatic carbocycles. The van der Waals surface area contributed by atoms with Gasteiger partial charge in [0.15, 0.2) is 17.5 Å². The highest BCUT2D eigenvalue weighted by atomic mass is 16.1. The Kier molecular flexibility index (Phi) is 4.77. The van der Waals surface area contributed by atoms with Gasteiger partial charge in [-0.2, -0.15) is 4.68 Å². The number of aryl methyl sites for hydroxylation is 1. The molecule has 4 aromatic rings. The molecule has 0 saturated heterocycles. The summed E-state index contributed by atoms with van der Waals surface area (Å²) in [7, 11) is 0. The van der Waals surface area contributed by atoms with Crippen LogP contribution in [0, 0.1) is 12.8 Å². The van der Waals surface area contributed by atoms with Gasteiger partial charge in [0.2, 0.25) is 0 Å². The first-order valence-electron chi connectivity index (χ1n) is 9.48. The fourth-order valence-electron chi connectivity index (χ4n) is 3.41. The predicted octanol–water partition coefficient (Wildman–Crippen LogP) is 3.53. The summed E-state index contributed by atoms with van der Waals surface area (Å²) in [6, 6.07) is 15.3. The van der Waals surface area contributed by atoms with E-state index in [-0.39, 0.29) is 5.56 Å². The van der Waals surface area contributed by atoms with E-state index in [4.69, 9.17) is 4.98 Å². The summed E-state index contributed by atoms with van der Waals surface area (Å²) in [6.07, 6.45) is 2.51. The Morgan fingerprint density at radius 1 is 1.07 bits per heavy atom. The van der Waals surface area contributed by atoms with Crippen molar-refractivity contribution in [2.75, 3.05) is 0 Å². The molecule has 6 heteroatoms. The van der Waals surface area contributed by atoms with Gasteiger partial charge in [0.05, 0.1) is 12.1 Å². The minimum atomic E-state index is -0.0443. The zero-order chi connectivity index (χ0) is 19.7. The van der Waals surface area contributed by atoms with Gasteiger partial charge in [-0.3, -0.25) is 4.79 Å². The molecule has 0 radical (unpaired) electrons. The lowest BCUT2D eigenvalue weighted by Gasteiger charge is -2.12. The van der Waals surface area contributed by atoms with Crippen LogP contribution in [-0.4, -0.2) is 24.3 Å². The molecule has 0 aliphatic rings. The number of hydrogen-bond acceptors (Lipinski definition) is 4. The van der Waals surface area contributed by atoms with Crippen molar-refractivity contribution in [3.05, 3.63) is 82.3 Å². The standard InChI is InChI=1S/C22H23N5O/c1-15(2)12-19-24-21(27(25-19)20-10-6-7-11-23-20)14-26-18-9-5-4-8-17(18)16(3)13-22(26)28/h4-11,13,15H,12,14H2,1-3H3. The topological polar surface area (TPSA) is 65.6 Å². The summed E-state index contributed by atoms with van der Waals surface area (Å²) in [5.74, 6) is 2.60. The highest BCUT2D eigenvalue weighted by molar-refractivity contribution is 5.82. The maximum Gasteiger partial charge on any atom is 0.251 e. The first-order chi connectivity index (χ1) is 13.5. The van der Waals surface area contributed by atoms with Crippen LogP contribution in [0.4, 0.5) is 0 Å². The van der Waals surface area contributed by atoms with E-state index in [2.05, 4.69) is 23.9 Å². The van der Waals surface area contributed by atoms with Crippen LogP contribution in [0.15, 0.2) is 59.5 Å². The predicted molar refractivity (Wildman–Crippen MR) is 110 cm³/mol. The molecule has 0 bridgehead atoms. The molecule has 0 N–H and O–H groups in total. The summed E-state index contributed by atoms with van der Waals surface area (Å²) in [6.45, 7) is 6.57. The maximum absolute atomic E-state index is 12.8. The first kappa shape index (κ1) is 18.1. The number of pyridine rings is 2. The lowest BCUT2D eigenvalue weighted by atomic mass is 10.1. The molecule has 0 spiro atoms. The molecular formula is C22H23N5O. The van der Waals surface area contributed by atoms with E-state index in [9.17, 15) is 4.79 Å². The number of rotatable bonds is 5. The fourth-order valence-corrected chi connectivity index (χ4v) is 3.41. The van der Waals surface area contributed by atoms with Crippen LogP contribution in [0.1, 0.15) is 31.1 Å². The summed E-state index contributed by atoms with van der Waals surface area (Å²) < 4.78 is 3.50. The molecule has 3 aromatic heterocycles. The van der Waals surface area contributed by atoms with Crippen molar-refractivity contribution in [1.29, 1.82) is 0 Å². The lowest BCUT2D eigenvalue weighted by molar-refractivity contribution is 0.618. The average Bonchev–Trinajstić information content (AvgIpc) is 3.07. The summed E-state index contributed by atoms with van der Waals surface area (Å²) >= 11 is 0. The number of fused-ring (bicyclic) bond motifs is 1. The van der Waals surface area contributed by atoms with Crippen molar-refractivity contribution in [1.82, 2.24) is 24.3 Å². The zero-order valence-electron chi connectivity index (χ0n) is 16.3. The number of benzene rings is 1. The Morgan fingerprint density at radius 3 is 2.61 bits per heavy atom. The Hall–Kier alpha value is -3.28. The Balaban J connectivity index is 1.85. The number of para-hydroxylation sites is 1. The largest absolute Gasteiger partial charge is 0.301 e. The van der Waals surface area contributed by atoms with Gasteiger partial charge in [0.25, 0.3) is 5.56 Å². The maximum atomic E-state index is 12.8. The molecule has 0 atom stereocenters. The van der Waals surface area contributed by atoms with Crippen molar-refractivity contribution >= 4 is 10.9 Å². The second kappa shape index (κ2) is 7.38. The number of aromatic nitrogens is 5. The quantitative estimate of drug-likeness (QED) is 0.537. The lowest BCUT2D eigenvalue weighted by Crippen LogP contribution is -2.23. The van der Waals surface area contributed by atoms with E-state index in [1.54, 1.807) is 21.5 Å². The Labute approximate surface area is 163 Å². The van der Waals surface area contributed by atoms with Crippen LogP contribution in [0.25, 0.3) is 16.7 Å². The van der Waals surface area contributed by atoms with E-state index in [0.29, 0.717) is 24.1 Å². The molecule has 0 saturated carbocycles. The minimum absolute atomic E-state index is 0.0443. The van der Waals surface area contributed by atoms with Gasteiger partial charge < -0.3 is 4.57 Å². The molecule has 142 valence electrons.